The molecule has 36 heavy (non-hydrogen) atoms. The van der Waals surface area contributed by atoms with Crippen LogP contribution >= 0.6 is 0 Å². The molecule has 8 nitrogen and oxygen atoms in total. The van der Waals surface area contributed by atoms with E-state index in [1.165, 1.54) is 6.07 Å². The van der Waals surface area contributed by atoms with Crippen LogP contribution in [-0.4, -0.2) is 63.8 Å². The Labute approximate surface area is 207 Å². The van der Waals surface area contributed by atoms with Crippen LogP contribution in [0.4, 0.5) is 10.2 Å². The maximum absolute atomic E-state index is 15.6. The van der Waals surface area contributed by atoms with E-state index in [1.54, 1.807) is 24.0 Å². The van der Waals surface area contributed by atoms with Crippen molar-refractivity contribution in [3.05, 3.63) is 46.9 Å². The number of rotatable bonds is 3. The van der Waals surface area contributed by atoms with Crippen LogP contribution in [0.25, 0.3) is 33.1 Å². The lowest BCUT2D eigenvalue weighted by Gasteiger charge is -2.35. The fraction of sp³-hybridized carbons (Fsp3) is 0.444. The third-order valence-corrected chi connectivity index (χ3v) is 8.42. The lowest BCUT2D eigenvalue weighted by molar-refractivity contribution is 0.241. The molecular formula is C27H29FN6O2. The molecule has 0 N–H and O–H groups in total. The number of fused-ring (bicyclic) bond motifs is 1. The Hall–Kier alpha value is -3.46. The van der Waals surface area contributed by atoms with Crippen molar-refractivity contribution < 1.29 is 9.13 Å². The van der Waals surface area contributed by atoms with E-state index in [0.717, 1.165) is 55.6 Å². The Balaban J connectivity index is 1.35. The maximum Gasteiger partial charge on any atom is 0.329 e. The van der Waals surface area contributed by atoms with E-state index in [-0.39, 0.29) is 11.2 Å². The van der Waals surface area contributed by atoms with Gasteiger partial charge in [-0.15, -0.1) is 0 Å². The van der Waals surface area contributed by atoms with E-state index < -0.39 is 5.82 Å². The molecule has 0 unspecified atom stereocenters. The van der Waals surface area contributed by atoms with E-state index in [0.29, 0.717) is 40.4 Å². The Morgan fingerprint density at radius 3 is 2.58 bits per heavy atom. The topological polar surface area (TPSA) is 68.4 Å². The summed E-state index contributed by atoms with van der Waals surface area (Å²) in [7, 11) is 6.03. The van der Waals surface area contributed by atoms with Gasteiger partial charge in [-0.1, -0.05) is 0 Å². The summed E-state index contributed by atoms with van der Waals surface area (Å²) in [5.74, 6) is 0.955. The first-order valence-electron chi connectivity index (χ1n) is 12.6. The molecule has 0 radical (unpaired) electrons. The summed E-state index contributed by atoms with van der Waals surface area (Å²) in [6, 6.07) is 5.94. The zero-order chi connectivity index (χ0) is 24.8. The lowest BCUT2D eigenvalue weighted by Crippen LogP contribution is -2.42. The molecule has 0 amide bonds. The summed E-state index contributed by atoms with van der Waals surface area (Å²) >= 11 is 0. The second-order valence-corrected chi connectivity index (χ2v) is 10.7. The number of aromatic nitrogens is 4. The molecule has 3 aliphatic rings. The van der Waals surface area contributed by atoms with E-state index in [4.69, 9.17) is 9.72 Å². The van der Waals surface area contributed by atoms with Gasteiger partial charge in [0.05, 0.1) is 39.2 Å². The van der Waals surface area contributed by atoms with E-state index in [1.807, 2.05) is 16.7 Å². The quantitative estimate of drug-likeness (QED) is 0.440. The van der Waals surface area contributed by atoms with Crippen LogP contribution in [0.1, 0.15) is 25.7 Å². The summed E-state index contributed by atoms with van der Waals surface area (Å²) < 4.78 is 25.5. The molecule has 186 valence electrons. The van der Waals surface area contributed by atoms with Crippen molar-refractivity contribution in [1.82, 2.24) is 24.0 Å². The Bertz CT molecular complexity index is 1580. The van der Waals surface area contributed by atoms with Crippen molar-refractivity contribution in [2.24, 2.45) is 7.05 Å². The summed E-state index contributed by atoms with van der Waals surface area (Å²) in [5, 5.41) is 0.695. The number of halogens is 1. The zero-order valence-corrected chi connectivity index (χ0v) is 20.8. The van der Waals surface area contributed by atoms with Crippen molar-refractivity contribution in [3.8, 4) is 16.9 Å². The molecular weight excluding hydrogens is 459 g/mol. The second kappa shape index (κ2) is 7.52. The molecule has 1 saturated heterocycles. The molecule has 2 aliphatic heterocycles. The van der Waals surface area contributed by atoms with Gasteiger partial charge in [0, 0.05) is 44.0 Å². The highest BCUT2D eigenvalue weighted by Crippen LogP contribution is 2.51. The highest BCUT2D eigenvalue weighted by Gasteiger charge is 2.50. The number of anilines is 1. The van der Waals surface area contributed by atoms with Crippen molar-refractivity contribution in [2.75, 3.05) is 38.7 Å². The minimum absolute atomic E-state index is 0.0804. The predicted molar refractivity (Wildman–Crippen MR) is 137 cm³/mol. The van der Waals surface area contributed by atoms with E-state index in [9.17, 15) is 4.79 Å². The van der Waals surface area contributed by atoms with Gasteiger partial charge in [-0.05, 0) is 51.9 Å². The minimum atomic E-state index is -0.401. The SMILES string of the molecule is CN(C)C1CCN(c2ccc(-c3c(F)cc4ncc5c6c4c3OCC3(CC3)n6c(=O)n5C)cn2)CC1. The molecule has 9 heteroatoms. The molecule has 1 aromatic carbocycles. The third-order valence-electron chi connectivity index (χ3n) is 8.42. The fourth-order valence-corrected chi connectivity index (χ4v) is 6.05. The van der Waals surface area contributed by atoms with Gasteiger partial charge >= 0.3 is 5.69 Å². The molecule has 2 fully saturated rings. The monoisotopic (exact) mass is 488 g/mol. The molecule has 7 rings (SSSR count). The second-order valence-electron chi connectivity index (χ2n) is 10.7. The summed E-state index contributed by atoms with van der Waals surface area (Å²) in [4.78, 5) is 27.0. The van der Waals surface area contributed by atoms with Crippen molar-refractivity contribution in [1.29, 1.82) is 0 Å². The van der Waals surface area contributed by atoms with Gasteiger partial charge in [0.15, 0.2) is 0 Å². The van der Waals surface area contributed by atoms with Gasteiger partial charge in [-0.3, -0.25) is 14.1 Å². The minimum Gasteiger partial charge on any atom is -0.490 e. The molecule has 5 heterocycles. The highest BCUT2D eigenvalue weighted by atomic mass is 19.1. The van der Waals surface area contributed by atoms with Gasteiger partial charge in [0.1, 0.15) is 24.0 Å². The lowest BCUT2D eigenvalue weighted by atomic mass is 10.0. The van der Waals surface area contributed by atoms with Crippen molar-refractivity contribution >= 4 is 27.8 Å². The van der Waals surface area contributed by atoms with Crippen LogP contribution in [0.3, 0.4) is 0 Å². The number of ether oxygens (including phenoxy) is 1. The number of aryl methyl sites for hydroxylation is 1. The van der Waals surface area contributed by atoms with Crippen molar-refractivity contribution in [3.63, 3.8) is 0 Å². The number of hydrogen-bond donors (Lipinski definition) is 0. The number of pyridine rings is 2. The molecule has 3 aromatic heterocycles. The first kappa shape index (κ1) is 21.8. The first-order valence-corrected chi connectivity index (χ1v) is 12.6. The van der Waals surface area contributed by atoms with Gasteiger partial charge in [0.25, 0.3) is 0 Å². The Morgan fingerprint density at radius 2 is 1.92 bits per heavy atom. The third kappa shape index (κ3) is 2.98. The number of hydrogen-bond acceptors (Lipinski definition) is 6. The predicted octanol–water partition coefficient (Wildman–Crippen LogP) is 3.50. The standard InChI is InChI=1S/C27H29FN6O2/c1-31(2)17-6-10-33(11-7-17)21-5-4-16(13-30-21)22-18(28)12-19-23-24-20(14-29-19)32(3)26(35)34(24)27(8-9-27)15-36-25(22)23/h4-5,12-14,17H,6-11,15H2,1-3H3. The van der Waals surface area contributed by atoms with Crippen LogP contribution in [0, 0.1) is 5.82 Å². The van der Waals surface area contributed by atoms with Gasteiger partial charge < -0.3 is 14.5 Å². The number of benzene rings is 1. The number of piperidine rings is 1. The zero-order valence-electron chi connectivity index (χ0n) is 20.8. The smallest absolute Gasteiger partial charge is 0.329 e. The van der Waals surface area contributed by atoms with Gasteiger partial charge in [-0.25, -0.2) is 14.2 Å². The molecule has 1 spiro atoms. The average molecular weight is 489 g/mol. The van der Waals surface area contributed by atoms with Crippen LogP contribution in [0.5, 0.6) is 5.75 Å². The maximum atomic E-state index is 15.6. The fourth-order valence-electron chi connectivity index (χ4n) is 6.05. The van der Waals surface area contributed by atoms with Crippen LogP contribution in [-0.2, 0) is 12.6 Å². The van der Waals surface area contributed by atoms with Crippen LogP contribution in [0.2, 0.25) is 0 Å². The normalized spacial score (nSPS) is 19.0. The van der Waals surface area contributed by atoms with Crippen LogP contribution < -0.4 is 15.3 Å². The molecule has 0 bridgehead atoms. The molecule has 0 atom stereocenters. The largest absolute Gasteiger partial charge is 0.490 e. The summed E-state index contributed by atoms with van der Waals surface area (Å²) in [6.07, 6.45) is 7.32. The molecule has 1 aliphatic carbocycles. The molecule has 1 saturated carbocycles. The average Bonchev–Trinajstić information content (AvgIpc) is 3.64. The van der Waals surface area contributed by atoms with Gasteiger partial charge in [-0.2, -0.15) is 0 Å². The highest BCUT2D eigenvalue weighted by molar-refractivity contribution is 6.09. The van der Waals surface area contributed by atoms with E-state index >= 15 is 4.39 Å². The number of imidazole rings is 1. The van der Waals surface area contributed by atoms with E-state index in [2.05, 4.69) is 28.9 Å². The Kier molecular flexibility index (Phi) is 4.55. The molecule has 4 aromatic rings. The summed E-state index contributed by atoms with van der Waals surface area (Å²) in [6.45, 7) is 2.23. The van der Waals surface area contributed by atoms with Gasteiger partial charge in [0.2, 0.25) is 0 Å². The van der Waals surface area contributed by atoms with Crippen LogP contribution in [0.15, 0.2) is 35.4 Å². The Morgan fingerprint density at radius 1 is 1.14 bits per heavy atom. The number of nitrogens with zero attached hydrogens (tertiary/aromatic N) is 6. The first-order chi connectivity index (χ1) is 17.4. The summed E-state index contributed by atoms with van der Waals surface area (Å²) in [5.41, 5.74) is 2.59. The van der Waals surface area contributed by atoms with Crippen molar-refractivity contribution in [2.45, 2.75) is 37.3 Å².